The van der Waals surface area contributed by atoms with Gasteiger partial charge < -0.3 is 10.1 Å². The standard InChI is InChI=1S/C11H11BrN2O/c12-8-3-4-10-11(6-8)15-7-9(14-10)2-1-5-13/h3-4,6,9,14H,1-2,7H2. The Morgan fingerprint density at radius 2 is 2.47 bits per heavy atom. The maximum Gasteiger partial charge on any atom is 0.143 e. The van der Waals surface area contributed by atoms with Gasteiger partial charge in [0.15, 0.2) is 0 Å². The number of ether oxygens (including phenoxy) is 1. The van der Waals surface area contributed by atoms with Gasteiger partial charge in [0.2, 0.25) is 0 Å². The average molecular weight is 267 g/mol. The van der Waals surface area contributed by atoms with E-state index in [2.05, 4.69) is 27.3 Å². The molecule has 1 heterocycles. The smallest absolute Gasteiger partial charge is 0.143 e. The summed E-state index contributed by atoms with van der Waals surface area (Å²) < 4.78 is 6.62. The second kappa shape index (κ2) is 4.54. The van der Waals surface area contributed by atoms with Gasteiger partial charge in [-0.2, -0.15) is 5.26 Å². The number of halogens is 1. The van der Waals surface area contributed by atoms with Gasteiger partial charge in [-0.3, -0.25) is 0 Å². The predicted molar refractivity (Wildman–Crippen MR) is 61.9 cm³/mol. The van der Waals surface area contributed by atoms with Crippen molar-refractivity contribution in [2.24, 2.45) is 0 Å². The number of nitriles is 1. The fraction of sp³-hybridized carbons (Fsp3) is 0.364. The molecule has 1 atom stereocenters. The van der Waals surface area contributed by atoms with Gasteiger partial charge in [0, 0.05) is 10.9 Å². The molecule has 1 aromatic rings. The lowest BCUT2D eigenvalue weighted by atomic mass is 10.1. The Morgan fingerprint density at radius 3 is 3.27 bits per heavy atom. The van der Waals surface area contributed by atoms with Crippen LogP contribution in [-0.4, -0.2) is 12.6 Å². The number of benzene rings is 1. The van der Waals surface area contributed by atoms with E-state index in [0.717, 1.165) is 22.3 Å². The number of hydrogen-bond donors (Lipinski definition) is 1. The van der Waals surface area contributed by atoms with Crippen LogP contribution in [0.4, 0.5) is 5.69 Å². The molecule has 2 rings (SSSR count). The molecule has 1 unspecified atom stereocenters. The van der Waals surface area contributed by atoms with E-state index in [1.165, 1.54) is 0 Å². The van der Waals surface area contributed by atoms with Crippen LogP contribution in [-0.2, 0) is 0 Å². The Morgan fingerprint density at radius 1 is 1.60 bits per heavy atom. The minimum absolute atomic E-state index is 0.248. The molecule has 15 heavy (non-hydrogen) atoms. The summed E-state index contributed by atoms with van der Waals surface area (Å²) in [4.78, 5) is 0. The van der Waals surface area contributed by atoms with Gasteiger partial charge in [-0.1, -0.05) is 15.9 Å². The summed E-state index contributed by atoms with van der Waals surface area (Å²) >= 11 is 3.40. The van der Waals surface area contributed by atoms with Crippen LogP contribution in [0.2, 0.25) is 0 Å². The molecule has 0 fully saturated rings. The Labute approximate surface area is 97.2 Å². The first-order valence-electron chi connectivity index (χ1n) is 4.85. The Kier molecular flexibility index (Phi) is 3.12. The number of anilines is 1. The van der Waals surface area contributed by atoms with Crippen LogP contribution in [0.15, 0.2) is 22.7 Å². The summed E-state index contributed by atoms with van der Waals surface area (Å²) in [5.41, 5.74) is 1.01. The SMILES string of the molecule is N#CCCC1COc2cc(Br)ccc2N1. The van der Waals surface area contributed by atoms with E-state index in [0.29, 0.717) is 13.0 Å². The second-order valence-corrected chi connectivity index (χ2v) is 4.41. The molecule has 0 aliphatic carbocycles. The van der Waals surface area contributed by atoms with Gasteiger partial charge in [-0.25, -0.2) is 0 Å². The maximum atomic E-state index is 8.50. The van der Waals surface area contributed by atoms with Gasteiger partial charge in [-0.05, 0) is 24.6 Å². The highest BCUT2D eigenvalue weighted by Gasteiger charge is 2.18. The Hall–Kier alpha value is -1.21. The Balaban J connectivity index is 2.07. The number of rotatable bonds is 2. The first-order valence-corrected chi connectivity index (χ1v) is 5.65. The molecule has 3 nitrogen and oxygen atoms in total. The van der Waals surface area contributed by atoms with Crippen LogP contribution in [0.1, 0.15) is 12.8 Å². The molecular formula is C11H11BrN2O. The van der Waals surface area contributed by atoms with Crippen molar-refractivity contribution < 1.29 is 4.74 Å². The molecule has 1 aliphatic rings. The summed E-state index contributed by atoms with van der Waals surface area (Å²) in [7, 11) is 0. The Bertz CT molecular complexity index is 400. The molecule has 0 saturated carbocycles. The third-order valence-electron chi connectivity index (χ3n) is 2.35. The van der Waals surface area contributed by atoms with Crippen molar-refractivity contribution in [1.29, 1.82) is 5.26 Å². The van der Waals surface area contributed by atoms with Crippen molar-refractivity contribution in [3.8, 4) is 11.8 Å². The molecule has 0 radical (unpaired) electrons. The topological polar surface area (TPSA) is 45.0 Å². The lowest BCUT2D eigenvalue weighted by molar-refractivity contribution is 0.279. The molecule has 78 valence electrons. The largest absolute Gasteiger partial charge is 0.489 e. The zero-order chi connectivity index (χ0) is 10.7. The maximum absolute atomic E-state index is 8.50. The molecule has 1 aromatic carbocycles. The normalized spacial score (nSPS) is 18.3. The molecule has 0 spiro atoms. The van der Waals surface area contributed by atoms with Crippen molar-refractivity contribution in [2.75, 3.05) is 11.9 Å². The van der Waals surface area contributed by atoms with Gasteiger partial charge in [0.05, 0.1) is 17.8 Å². The van der Waals surface area contributed by atoms with Crippen LogP contribution in [0.25, 0.3) is 0 Å². The average Bonchev–Trinajstić information content (AvgIpc) is 2.26. The van der Waals surface area contributed by atoms with Crippen LogP contribution in [0.5, 0.6) is 5.75 Å². The molecule has 1 N–H and O–H groups in total. The summed E-state index contributed by atoms with van der Waals surface area (Å²) in [6.45, 7) is 0.630. The molecule has 0 saturated heterocycles. The molecule has 4 heteroatoms. The van der Waals surface area contributed by atoms with Gasteiger partial charge in [-0.15, -0.1) is 0 Å². The van der Waals surface area contributed by atoms with E-state index >= 15 is 0 Å². The van der Waals surface area contributed by atoms with E-state index < -0.39 is 0 Å². The highest BCUT2D eigenvalue weighted by Crippen LogP contribution is 2.32. The van der Waals surface area contributed by atoms with Gasteiger partial charge in [0.25, 0.3) is 0 Å². The third kappa shape index (κ3) is 2.42. The monoisotopic (exact) mass is 266 g/mol. The van der Waals surface area contributed by atoms with Crippen LogP contribution >= 0.6 is 15.9 Å². The van der Waals surface area contributed by atoms with Crippen molar-refractivity contribution in [3.63, 3.8) is 0 Å². The zero-order valence-corrected chi connectivity index (χ0v) is 9.75. The summed E-state index contributed by atoms with van der Waals surface area (Å²) in [6, 6.07) is 8.30. The highest BCUT2D eigenvalue weighted by molar-refractivity contribution is 9.10. The van der Waals surface area contributed by atoms with Crippen molar-refractivity contribution in [2.45, 2.75) is 18.9 Å². The fourth-order valence-electron chi connectivity index (χ4n) is 1.58. The second-order valence-electron chi connectivity index (χ2n) is 3.49. The van der Waals surface area contributed by atoms with E-state index in [-0.39, 0.29) is 6.04 Å². The summed E-state index contributed by atoms with van der Waals surface area (Å²) in [5.74, 6) is 0.873. The van der Waals surface area contributed by atoms with E-state index in [1.807, 2.05) is 18.2 Å². The molecule has 0 bridgehead atoms. The summed E-state index contributed by atoms with van der Waals surface area (Å²) in [6.07, 6.45) is 1.39. The summed E-state index contributed by atoms with van der Waals surface area (Å²) in [5, 5.41) is 11.9. The third-order valence-corrected chi connectivity index (χ3v) is 2.84. The lowest BCUT2D eigenvalue weighted by Crippen LogP contribution is -2.31. The number of nitrogens with one attached hydrogen (secondary N) is 1. The number of hydrogen-bond acceptors (Lipinski definition) is 3. The highest BCUT2D eigenvalue weighted by atomic mass is 79.9. The minimum Gasteiger partial charge on any atom is -0.489 e. The molecule has 1 aliphatic heterocycles. The van der Waals surface area contributed by atoms with Crippen LogP contribution in [0.3, 0.4) is 0 Å². The van der Waals surface area contributed by atoms with Crippen LogP contribution in [0, 0.1) is 11.3 Å². The molecular weight excluding hydrogens is 256 g/mol. The van der Waals surface area contributed by atoms with Crippen LogP contribution < -0.4 is 10.1 Å². The number of fused-ring (bicyclic) bond motifs is 1. The van der Waals surface area contributed by atoms with Crippen molar-refractivity contribution >= 4 is 21.6 Å². The van der Waals surface area contributed by atoms with E-state index in [1.54, 1.807) is 0 Å². The predicted octanol–water partition coefficient (Wildman–Crippen LogP) is 2.93. The zero-order valence-electron chi connectivity index (χ0n) is 8.16. The fourth-order valence-corrected chi connectivity index (χ4v) is 1.92. The van der Waals surface area contributed by atoms with Crippen molar-refractivity contribution in [1.82, 2.24) is 0 Å². The van der Waals surface area contributed by atoms with Crippen molar-refractivity contribution in [3.05, 3.63) is 22.7 Å². The quantitative estimate of drug-likeness (QED) is 0.896. The van der Waals surface area contributed by atoms with E-state index in [9.17, 15) is 0 Å². The first-order chi connectivity index (χ1) is 7.29. The van der Waals surface area contributed by atoms with E-state index in [4.69, 9.17) is 10.00 Å². The molecule has 0 aromatic heterocycles. The lowest BCUT2D eigenvalue weighted by Gasteiger charge is -2.27. The number of nitrogens with zero attached hydrogens (tertiary/aromatic N) is 1. The van der Waals surface area contributed by atoms with Gasteiger partial charge >= 0.3 is 0 Å². The minimum atomic E-state index is 0.248. The molecule has 0 amide bonds. The first kappa shape index (κ1) is 10.3. The van der Waals surface area contributed by atoms with Gasteiger partial charge in [0.1, 0.15) is 12.4 Å².